The van der Waals surface area contributed by atoms with Crippen LogP contribution in [0.2, 0.25) is 0 Å². The third-order valence-electron chi connectivity index (χ3n) is 4.01. The van der Waals surface area contributed by atoms with Crippen molar-refractivity contribution in [1.82, 2.24) is 14.9 Å². The minimum Gasteiger partial charge on any atom is -0.376 e. The van der Waals surface area contributed by atoms with Crippen molar-refractivity contribution in [3.8, 4) is 0 Å². The summed E-state index contributed by atoms with van der Waals surface area (Å²) in [5, 5.41) is 2.46. The van der Waals surface area contributed by atoms with E-state index in [0.29, 0.717) is 5.56 Å². The molecule has 9 heteroatoms. The van der Waals surface area contributed by atoms with Crippen molar-refractivity contribution < 1.29 is 20.4 Å². The smallest absolute Gasteiger partial charge is 0.328 e. The molecule has 0 aromatic carbocycles. The van der Waals surface area contributed by atoms with Gasteiger partial charge in [0.2, 0.25) is 5.91 Å². The van der Waals surface area contributed by atoms with Gasteiger partial charge in [0.15, 0.2) is 0 Å². The van der Waals surface area contributed by atoms with E-state index in [2.05, 4.69) is 10.3 Å². The number of nitrogens with zero attached hydrogens (tertiary/aromatic N) is 1. The van der Waals surface area contributed by atoms with E-state index in [-0.39, 0.29) is 26.0 Å². The van der Waals surface area contributed by atoms with Crippen molar-refractivity contribution in [3.63, 3.8) is 0 Å². The van der Waals surface area contributed by atoms with Crippen molar-refractivity contribution in [2.75, 3.05) is 27.4 Å². The number of rotatable bonds is 5. The molecular formula is C15H23N3O6. The highest BCUT2D eigenvalue weighted by Crippen LogP contribution is 2.28. The van der Waals surface area contributed by atoms with E-state index >= 15 is 0 Å². The third-order valence-corrected chi connectivity index (χ3v) is 4.01. The number of carbonyl (C=O) groups excluding carboxylic acids is 1. The maximum atomic E-state index is 12.2. The summed E-state index contributed by atoms with van der Waals surface area (Å²) >= 11 is 0. The zero-order valence-electron chi connectivity index (χ0n) is 14.9. The third kappa shape index (κ3) is 3.74. The highest BCUT2D eigenvalue weighted by atomic mass is 16.6. The Morgan fingerprint density at radius 3 is 2.92 bits per heavy atom. The Labute approximate surface area is 140 Å². The lowest BCUT2D eigenvalue weighted by atomic mass is 9.98. The monoisotopic (exact) mass is 342 g/mol. The molecule has 2 heterocycles. The van der Waals surface area contributed by atoms with E-state index in [1.807, 2.05) is 0 Å². The quantitative estimate of drug-likeness (QED) is 0.706. The molecule has 1 aliphatic rings. The summed E-state index contributed by atoms with van der Waals surface area (Å²) in [6.07, 6.45) is -0.455. The van der Waals surface area contributed by atoms with Gasteiger partial charge in [0.25, 0.3) is 5.56 Å². The van der Waals surface area contributed by atoms with E-state index in [9.17, 15) is 14.4 Å². The van der Waals surface area contributed by atoms with Crippen LogP contribution in [0.3, 0.4) is 0 Å². The van der Waals surface area contributed by atoms with E-state index in [1.165, 1.54) is 24.9 Å². The van der Waals surface area contributed by atoms with Crippen molar-refractivity contribution in [1.29, 1.82) is 0 Å². The molecule has 1 aromatic rings. The number of hydrogen-bond donors (Lipinski definition) is 2. The number of aromatic amines is 1. The molecule has 24 heavy (non-hydrogen) atoms. The molecule has 1 fully saturated rings. The van der Waals surface area contributed by atoms with Gasteiger partial charge in [-0.05, 0) is 13.8 Å². The molecule has 9 nitrogen and oxygen atoms in total. The summed E-state index contributed by atoms with van der Waals surface area (Å²) < 4.78 is 25.7. The zero-order chi connectivity index (χ0) is 18.6. The topological polar surface area (TPSA) is 112 Å². The average molecular weight is 342 g/mol. The van der Waals surface area contributed by atoms with E-state index in [0.717, 1.165) is 0 Å². The van der Waals surface area contributed by atoms with Crippen LogP contribution in [0.25, 0.3) is 0 Å². The highest BCUT2D eigenvalue weighted by molar-refractivity contribution is 5.76. The van der Waals surface area contributed by atoms with Crippen LogP contribution in [0.5, 0.6) is 0 Å². The van der Waals surface area contributed by atoms with Crippen LogP contribution in [-0.2, 0) is 19.0 Å². The van der Waals surface area contributed by atoms with Crippen LogP contribution < -0.4 is 16.6 Å². The second kappa shape index (κ2) is 7.73. The fourth-order valence-electron chi connectivity index (χ4n) is 2.65. The lowest BCUT2D eigenvalue weighted by molar-refractivity contribution is -0.185. The molecule has 2 N–H and O–H groups in total. The first-order valence-electron chi connectivity index (χ1n) is 8.21. The van der Waals surface area contributed by atoms with E-state index < -0.39 is 35.6 Å². The minimum absolute atomic E-state index is 0.0510. The molecule has 1 amide bonds. The maximum Gasteiger partial charge on any atom is 0.328 e. The number of H-pyrrole nitrogens is 1. The zero-order valence-corrected chi connectivity index (χ0v) is 13.9. The van der Waals surface area contributed by atoms with Crippen LogP contribution >= 0.6 is 0 Å². The number of nitrogens with one attached hydrogen (secondary N) is 2. The molecule has 0 radical (unpaired) electrons. The second-order valence-corrected chi connectivity index (χ2v) is 5.57. The van der Waals surface area contributed by atoms with E-state index in [4.69, 9.17) is 15.6 Å². The van der Waals surface area contributed by atoms with Gasteiger partial charge in [0.05, 0.1) is 18.8 Å². The number of likely N-dealkylation sites (N-methyl/N-ethyl adjacent to an activating group) is 1. The fourth-order valence-corrected chi connectivity index (χ4v) is 2.65. The number of aromatic nitrogens is 2. The highest BCUT2D eigenvalue weighted by Gasteiger charge is 2.41. The first-order valence-corrected chi connectivity index (χ1v) is 7.50. The van der Waals surface area contributed by atoms with Crippen LogP contribution in [0.1, 0.15) is 19.9 Å². The first kappa shape index (κ1) is 16.9. The van der Waals surface area contributed by atoms with Crippen LogP contribution in [0.4, 0.5) is 0 Å². The van der Waals surface area contributed by atoms with Gasteiger partial charge in [-0.1, -0.05) is 0 Å². The first-order chi connectivity index (χ1) is 11.9. The molecule has 0 saturated carbocycles. The molecule has 0 spiro atoms. The predicted molar refractivity (Wildman–Crippen MR) is 85.1 cm³/mol. The summed E-state index contributed by atoms with van der Waals surface area (Å²) in [4.78, 5) is 37.6. The Balaban J connectivity index is 2.39. The molecule has 1 saturated heterocycles. The van der Waals surface area contributed by atoms with Gasteiger partial charge in [-0.2, -0.15) is 0 Å². The summed E-state index contributed by atoms with van der Waals surface area (Å²) in [7, 11) is 2.94. The molecule has 4 atom stereocenters. The lowest BCUT2D eigenvalue weighted by Crippen LogP contribution is -2.54. The number of aryl methyl sites for hydroxylation is 1. The number of carbonyl (C=O) groups is 1. The predicted octanol–water partition coefficient (Wildman–Crippen LogP) is -1.05. The summed E-state index contributed by atoms with van der Waals surface area (Å²) in [6.45, 7) is 1.40. The van der Waals surface area contributed by atoms with Crippen molar-refractivity contribution in [2.45, 2.75) is 38.2 Å². The largest absolute Gasteiger partial charge is 0.376 e. The maximum absolute atomic E-state index is 12.2. The standard InChI is InChI=1S/C15H23N3O6/c1-8-5-18(15(21)17-14(8)20)10-6-23-9(2)12(22-4)13(10)24-7-11(19)16-3/h5,9-10,12-13H,6-7H2,1-4H3,(H,16,19)(H,17,20,21)/t9-,10-,12-,13+/m1/s1/i2D. The summed E-state index contributed by atoms with van der Waals surface area (Å²) in [5.41, 5.74) is -0.703. The lowest BCUT2D eigenvalue weighted by Gasteiger charge is -2.41. The Hall–Kier alpha value is -1.97. The average Bonchev–Trinajstić information content (AvgIpc) is 2.61. The van der Waals surface area contributed by atoms with Crippen molar-refractivity contribution in [3.05, 3.63) is 32.6 Å². The van der Waals surface area contributed by atoms with Gasteiger partial charge in [-0.25, -0.2) is 4.79 Å². The van der Waals surface area contributed by atoms with Gasteiger partial charge in [-0.3, -0.25) is 19.1 Å². The Bertz CT molecular complexity index is 718. The molecule has 0 bridgehead atoms. The SMILES string of the molecule is [2H]C[C@H]1OC[C@@H](n2cc(C)c(=O)[nH]c2=O)[C@H](OCC(=O)NC)[C@@H]1OC. The van der Waals surface area contributed by atoms with Crippen LogP contribution in [0, 0.1) is 6.92 Å². The van der Waals surface area contributed by atoms with Gasteiger partial charge >= 0.3 is 5.69 Å². The number of ether oxygens (including phenoxy) is 3. The second-order valence-electron chi connectivity index (χ2n) is 5.57. The number of amides is 1. The Kier molecular flexibility index (Phi) is 5.44. The molecular weight excluding hydrogens is 318 g/mol. The minimum atomic E-state index is -0.700. The van der Waals surface area contributed by atoms with Crippen LogP contribution in [-0.4, -0.2) is 61.1 Å². The van der Waals surface area contributed by atoms with Gasteiger partial charge < -0.3 is 19.5 Å². The Morgan fingerprint density at radius 2 is 2.29 bits per heavy atom. The molecule has 1 aromatic heterocycles. The van der Waals surface area contributed by atoms with Crippen LogP contribution in [0.15, 0.2) is 15.8 Å². The normalized spacial score (nSPS) is 27.5. The molecule has 0 aliphatic carbocycles. The molecule has 0 unspecified atom stereocenters. The molecule has 134 valence electrons. The van der Waals surface area contributed by atoms with Crippen molar-refractivity contribution >= 4 is 5.91 Å². The number of hydrogen-bond acceptors (Lipinski definition) is 6. The van der Waals surface area contributed by atoms with Gasteiger partial charge in [0, 0.05) is 27.3 Å². The fraction of sp³-hybridized carbons (Fsp3) is 0.667. The van der Waals surface area contributed by atoms with E-state index in [1.54, 1.807) is 6.92 Å². The summed E-state index contributed by atoms with van der Waals surface area (Å²) in [6, 6.07) is -0.611. The van der Waals surface area contributed by atoms with Crippen molar-refractivity contribution in [2.24, 2.45) is 0 Å². The van der Waals surface area contributed by atoms with Gasteiger partial charge in [0.1, 0.15) is 18.8 Å². The molecule has 2 rings (SSSR count). The van der Waals surface area contributed by atoms with Gasteiger partial charge in [-0.15, -0.1) is 0 Å². The Morgan fingerprint density at radius 1 is 1.54 bits per heavy atom. The number of methoxy groups -OCH3 is 1. The summed E-state index contributed by atoms with van der Waals surface area (Å²) in [5.74, 6) is -0.326. The molecule has 1 aliphatic heterocycles.